The summed E-state index contributed by atoms with van der Waals surface area (Å²) in [5.41, 5.74) is 1.84. The minimum absolute atomic E-state index is 0.0876. The maximum Gasteiger partial charge on any atom is 0.137 e. The molecule has 0 spiro atoms. The molecule has 0 fully saturated rings. The Balaban J connectivity index is 2.46. The zero-order valence-corrected chi connectivity index (χ0v) is 13.8. The average molecular weight is 410 g/mol. The summed E-state index contributed by atoms with van der Waals surface area (Å²) in [7, 11) is 0. The van der Waals surface area contributed by atoms with Crippen LogP contribution in [0.2, 0.25) is 0 Å². The van der Waals surface area contributed by atoms with Gasteiger partial charge in [-0.05, 0) is 52.2 Å². The third kappa shape index (κ3) is 3.18. The van der Waals surface area contributed by atoms with Crippen LogP contribution in [0, 0.1) is 18.6 Å². The summed E-state index contributed by atoms with van der Waals surface area (Å²) in [6.45, 7) is 1.91. The molecule has 19 heavy (non-hydrogen) atoms. The third-order valence-corrected chi connectivity index (χ3v) is 4.77. The monoisotopic (exact) mass is 408 g/mol. The number of hydrogen-bond donors (Lipinski definition) is 0. The molecule has 0 amide bonds. The minimum Gasteiger partial charge on any atom is -0.207 e. The number of halogens is 5. The molecular formula is C14H9Br2ClF2. The molecule has 2 aromatic rings. The molecule has 0 saturated heterocycles. The van der Waals surface area contributed by atoms with Gasteiger partial charge in [-0.25, -0.2) is 8.78 Å². The van der Waals surface area contributed by atoms with Crippen LogP contribution in [0.15, 0.2) is 39.3 Å². The molecule has 0 N–H and O–H groups in total. The normalized spacial score (nSPS) is 12.5. The van der Waals surface area contributed by atoms with E-state index < -0.39 is 17.0 Å². The summed E-state index contributed by atoms with van der Waals surface area (Å²) < 4.78 is 28.4. The lowest BCUT2D eigenvalue weighted by Gasteiger charge is -2.13. The van der Waals surface area contributed by atoms with Crippen LogP contribution >= 0.6 is 43.5 Å². The average Bonchev–Trinajstić information content (AvgIpc) is 2.36. The largest absolute Gasteiger partial charge is 0.207 e. The van der Waals surface area contributed by atoms with Gasteiger partial charge in [0.15, 0.2) is 0 Å². The third-order valence-electron chi connectivity index (χ3n) is 2.79. The molecule has 0 radical (unpaired) electrons. The van der Waals surface area contributed by atoms with Gasteiger partial charge in [0.1, 0.15) is 11.6 Å². The lowest BCUT2D eigenvalue weighted by molar-refractivity contribution is 0.582. The summed E-state index contributed by atoms with van der Waals surface area (Å²) in [6, 6.07) is 7.68. The molecule has 0 aromatic heterocycles. The molecule has 0 heterocycles. The van der Waals surface area contributed by atoms with Crippen molar-refractivity contribution < 1.29 is 8.78 Å². The molecule has 5 heteroatoms. The molecule has 0 aliphatic carbocycles. The topological polar surface area (TPSA) is 0 Å². The Labute approximate surface area is 132 Å². The number of aryl methyl sites for hydroxylation is 1. The second kappa shape index (κ2) is 5.90. The van der Waals surface area contributed by atoms with Crippen LogP contribution < -0.4 is 0 Å². The first kappa shape index (κ1) is 14.9. The Morgan fingerprint density at radius 3 is 2.32 bits per heavy atom. The molecule has 0 nitrogen and oxygen atoms in total. The van der Waals surface area contributed by atoms with E-state index >= 15 is 0 Å². The fraction of sp³-hybridized carbons (Fsp3) is 0.143. The van der Waals surface area contributed by atoms with Crippen molar-refractivity contribution in [2.24, 2.45) is 0 Å². The molecule has 1 unspecified atom stereocenters. The smallest absolute Gasteiger partial charge is 0.137 e. The Bertz CT molecular complexity index is 629. The van der Waals surface area contributed by atoms with Crippen LogP contribution in [0.25, 0.3) is 0 Å². The van der Waals surface area contributed by atoms with Crippen LogP contribution in [0.5, 0.6) is 0 Å². The van der Waals surface area contributed by atoms with Crippen molar-refractivity contribution in [2.45, 2.75) is 12.3 Å². The Morgan fingerprint density at radius 2 is 1.68 bits per heavy atom. The highest BCUT2D eigenvalue weighted by Gasteiger charge is 2.18. The summed E-state index contributed by atoms with van der Waals surface area (Å²) in [5, 5.41) is -0.727. The molecular weight excluding hydrogens is 401 g/mol. The van der Waals surface area contributed by atoms with Crippen LogP contribution in [-0.4, -0.2) is 0 Å². The number of benzene rings is 2. The highest BCUT2D eigenvalue weighted by molar-refractivity contribution is 9.10. The van der Waals surface area contributed by atoms with Gasteiger partial charge in [0.25, 0.3) is 0 Å². The fourth-order valence-electron chi connectivity index (χ4n) is 1.74. The molecule has 1 atom stereocenters. The quantitative estimate of drug-likeness (QED) is 0.413. The highest BCUT2D eigenvalue weighted by atomic mass is 79.9. The lowest BCUT2D eigenvalue weighted by Crippen LogP contribution is -1.99. The Kier molecular flexibility index (Phi) is 4.64. The van der Waals surface area contributed by atoms with Gasteiger partial charge in [-0.15, -0.1) is 11.6 Å². The first-order valence-electron chi connectivity index (χ1n) is 5.44. The van der Waals surface area contributed by atoms with Gasteiger partial charge in [0.2, 0.25) is 0 Å². The van der Waals surface area contributed by atoms with Crippen LogP contribution in [0.3, 0.4) is 0 Å². The number of alkyl halides is 1. The SMILES string of the molecule is Cc1cc(C(Cl)c2cc(F)c(Br)cc2F)ccc1Br. The van der Waals surface area contributed by atoms with Crippen molar-refractivity contribution in [2.75, 3.05) is 0 Å². The van der Waals surface area contributed by atoms with Gasteiger partial charge in [0.05, 0.1) is 9.85 Å². The molecule has 0 aliphatic rings. The van der Waals surface area contributed by atoms with Crippen LogP contribution in [0.1, 0.15) is 22.1 Å². The maximum atomic E-state index is 13.9. The Morgan fingerprint density at radius 1 is 1.00 bits per heavy atom. The Hall–Kier alpha value is -0.450. The second-order valence-electron chi connectivity index (χ2n) is 4.16. The van der Waals surface area contributed by atoms with E-state index in [9.17, 15) is 8.78 Å². The number of hydrogen-bond acceptors (Lipinski definition) is 0. The zero-order chi connectivity index (χ0) is 14.2. The van der Waals surface area contributed by atoms with E-state index in [1.165, 1.54) is 0 Å². The molecule has 2 rings (SSSR count). The van der Waals surface area contributed by atoms with E-state index in [2.05, 4.69) is 31.9 Å². The fourth-order valence-corrected chi connectivity index (χ4v) is 2.60. The minimum atomic E-state index is -0.727. The van der Waals surface area contributed by atoms with Gasteiger partial charge in [-0.1, -0.05) is 28.1 Å². The van der Waals surface area contributed by atoms with Gasteiger partial charge in [-0.2, -0.15) is 0 Å². The van der Waals surface area contributed by atoms with E-state index in [-0.39, 0.29) is 10.0 Å². The molecule has 0 aliphatic heterocycles. The first-order chi connectivity index (χ1) is 8.90. The van der Waals surface area contributed by atoms with Crippen LogP contribution in [-0.2, 0) is 0 Å². The van der Waals surface area contributed by atoms with Crippen molar-refractivity contribution >= 4 is 43.5 Å². The second-order valence-corrected chi connectivity index (χ2v) is 6.30. The van der Waals surface area contributed by atoms with Gasteiger partial charge < -0.3 is 0 Å². The van der Waals surface area contributed by atoms with Crippen molar-refractivity contribution in [1.29, 1.82) is 0 Å². The van der Waals surface area contributed by atoms with E-state index in [1.807, 2.05) is 19.1 Å². The molecule has 0 saturated carbocycles. The molecule has 0 bridgehead atoms. The van der Waals surface area contributed by atoms with Crippen molar-refractivity contribution in [3.63, 3.8) is 0 Å². The zero-order valence-electron chi connectivity index (χ0n) is 9.85. The van der Waals surface area contributed by atoms with Gasteiger partial charge in [-0.3, -0.25) is 0 Å². The van der Waals surface area contributed by atoms with Gasteiger partial charge >= 0.3 is 0 Å². The van der Waals surface area contributed by atoms with E-state index in [0.717, 1.165) is 27.7 Å². The summed E-state index contributed by atoms with van der Waals surface area (Å²) in [4.78, 5) is 0. The predicted octanol–water partition coefficient (Wildman–Crippen LogP) is 6.13. The van der Waals surface area contributed by atoms with Crippen molar-refractivity contribution in [1.82, 2.24) is 0 Å². The van der Waals surface area contributed by atoms with E-state index in [4.69, 9.17) is 11.6 Å². The van der Waals surface area contributed by atoms with Gasteiger partial charge in [0, 0.05) is 10.0 Å². The lowest BCUT2D eigenvalue weighted by atomic mass is 10.0. The number of rotatable bonds is 2. The van der Waals surface area contributed by atoms with Crippen molar-refractivity contribution in [3.05, 3.63) is 67.6 Å². The van der Waals surface area contributed by atoms with Crippen molar-refractivity contribution in [3.8, 4) is 0 Å². The molecule has 100 valence electrons. The van der Waals surface area contributed by atoms with E-state index in [0.29, 0.717) is 0 Å². The summed E-state index contributed by atoms with van der Waals surface area (Å²) >= 11 is 12.6. The predicted molar refractivity (Wildman–Crippen MR) is 80.6 cm³/mol. The van der Waals surface area contributed by atoms with Crippen LogP contribution in [0.4, 0.5) is 8.78 Å². The molecule has 2 aromatic carbocycles. The highest BCUT2D eigenvalue weighted by Crippen LogP contribution is 2.34. The first-order valence-corrected chi connectivity index (χ1v) is 7.47. The van der Waals surface area contributed by atoms with E-state index in [1.54, 1.807) is 6.07 Å². The standard InChI is InChI=1S/C14H9Br2ClF2/c1-7-4-8(2-3-10(7)15)14(17)9-5-13(19)11(16)6-12(9)18/h2-6,14H,1H3. The summed E-state index contributed by atoms with van der Waals surface area (Å²) in [5.74, 6) is -1.07. The maximum absolute atomic E-state index is 13.9. The summed E-state index contributed by atoms with van der Waals surface area (Å²) in [6.07, 6.45) is 0.